The summed E-state index contributed by atoms with van der Waals surface area (Å²) in [5.41, 5.74) is -0.467. The standard InChI is InChI=1S/C37H48F4N4O7/c1-2-3-9-29(30(46)21-48-34-32(40)27(38)18-28(39)33(34)41)45-19-31(43-44-45)36(10-5-4-6-11-36)42-35(47)51-26-8-7-12-50-52-37(49-20-26)24-14-22-13-23(16-24)17-25(37)15-22/h18-19,22-26,29H,2-17,20-21H2,1H3,(H,42,47). The van der Waals surface area contributed by atoms with E-state index in [-0.39, 0.29) is 24.5 Å². The highest BCUT2D eigenvalue weighted by atomic mass is 19.2. The molecule has 8 rings (SSSR count). The van der Waals surface area contributed by atoms with Crippen molar-refractivity contribution in [2.24, 2.45) is 23.7 Å². The van der Waals surface area contributed by atoms with Crippen molar-refractivity contribution in [1.82, 2.24) is 20.3 Å². The van der Waals surface area contributed by atoms with E-state index < -0.39 is 71.0 Å². The van der Waals surface area contributed by atoms with E-state index >= 15 is 0 Å². The van der Waals surface area contributed by atoms with Crippen LogP contribution in [0.25, 0.3) is 0 Å². The molecule has 1 N–H and O–H groups in total. The second-order valence-corrected chi connectivity index (χ2v) is 15.5. The van der Waals surface area contributed by atoms with Crippen molar-refractivity contribution in [3.05, 3.63) is 41.2 Å². The lowest BCUT2D eigenvalue weighted by molar-refractivity contribution is -0.475. The van der Waals surface area contributed by atoms with Crippen molar-refractivity contribution < 1.29 is 51.1 Å². The van der Waals surface area contributed by atoms with Gasteiger partial charge in [-0.25, -0.2) is 28.0 Å². The topological polar surface area (TPSA) is 123 Å². The number of nitrogens with zero attached hydrogens (tertiary/aromatic N) is 3. The van der Waals surface area contributed by atoms with E-state index in [0.29, 0.717) is 62.7 Å². The molecule has 2 atom stereocenters. The van der Waals surface area contributed by atoms with Crippen LogP contribution in [0, 0.1) is 46.9 Å². The van der Waals surface area contributed by atoms with Gasteiger partial charge in [-0.2, -0.15) is 8.78 Å². The molecule has 286 valence electrons. The molecule has 2 heterocycles. The van der Waals surface area contributed by atoms with Crippen LogP contribution in [0.3, 0.4) is 0 Å². The first-order valence-electron chi connectivity index (χ1n) is 18.9. The SMILES string of the molecule is CCCCC(C(=O)COc1c(F)c(F)cc(F)c1F)n1cc(C2(NC(=O)OC3CCCOOC4(OC3)C3CC5CC(C3)CC4C5)CCCCC2)nn1. The minimum atomic E-state index is -1.73. The summed E-state index contributed by atoms with van der Waals surface area (Å²) < 4.78 is 74.9. The van der Waals surface area contributed by atoms with Gasteiger partial charge in [-0.15, -0.1) is 5.10 Å². The van der Waals surface area contributed by atoms with Gasteiger partial charge in [0.05, 0.1) is 24.9 Å². The summed E-state index contributed by atoms with van der Waals surface area (Å²) >= 11 is 0. The molecule has 5 saturated carbocycles. The minimum Gasteiger partial charge on any atom is -0.479 e. The van der Waals surface area contributed by atoms with Gasteiger partial charge < -0.3 is 19.5 Å². The zero-order valence-electron chi connectivity index (χ0n) is 29.6. The van der Waals surface area contributed by atoms with Gasteiger partial charge in [0.15, 0.2) is 23.2 Å². The molecule has 5 aliphatic carbocycles. The van der Waals surface area contributed by atoms with Gasteiger partial charge in [0.25, 0.3) is 0 Å². The molecule has 6 aliphatic rings. The zero-order chi connectivity index (χ0) is 36.5. The van der Waals surface area contributed by atoms with Crippen LogP contribution < -0.4 is 10.1 Å². The first kappa shape index (κ1) is 37.0. The van der Waals surface area contributed by atoms with E-state index in [1.165, 1.54) is 11.1 Å². The van der Waals surface area contributed by atoms with Gasteiger partial charge in [0.1, 0.15) is 24.4 Å². The summed E-state index contributed by atoms with van der Waals surface area (Å²) in [5.74, 6) is -7.53. The van der Waals surface area contributed by atoms with Crippen LogP contribution in [0.2, 0.25) is 0 Å². The average molecular weight is 737 g/mol. The van der Waals surface area contributed by atoms with E-state index in [1.807, 2.05) is 6.92 Å². The van der Waals surface area contributed by atoms with Crippen molar-refractivity contribution in [1.29, 1.82) is 0 Å². The molecule has 1 spiro atoms. The highest BCUT2D eigenvalue weighted by Gasteiger charge is 2.60. The summed E-state index contributed by atoms with van der Waals surface area (Å²) in [7, 11) is 0. The molecule has 4 bridgehead atoms. The number of hydrogen-bond donors (Lipinski definition) is 1. The van der Waals surface area contributed by atoms with Crippen molar-refractivity contribution in [3.63, 3.8) is 0 Å². The normalized spacial score (nSPS) is 30.3. The Morgan fingerprint density at radius 1 is 1.00 bits per heavy atom. The number of amides is 1. The quantitative estimate of drug-likeness (QED) is 0.143. The third-order valence-corrected chi connectivity index (χ3v) is 12.0. The first-order chi connectivity index (χ1) is 25.1. The van der Waals surface area contributed by atoms with Crippen LogP contribution in [0.1, 0.15) is 115 Å². The van der Waals surface area contributed by atoms with Gasteiger partial charge in [-0.05, 0) is 76.0 Å². The predicted molar refractivity (Wildman–Crippen MR) is 176 cm³/mol. The van der Waals surface area contributed by atoms with E-state index in [2.05, 4.69) is 15.6 Å². The van der Waals surface area contributed by atoms with Crippen molar-refractivity contribution in [2.45, 2.75) is 127 Å². The van der Waals surface area contributed by atoms with Crippen LogP contribution in [-0.2, 0) is 29.6 Å². The highest BCUT2D eigenvalue weighted by Crippen LogP contribution is 2.60. The lowest BCUT2D eigenvalue weighted by Gasteiger charge is -2.58. The maximum Gasteiger partial charge on any atom is 0.408 e. The largest absolute Gasteiger partial charge is 0.479 e. The Kier molecular flexibility index (Phi) is 11.1. The first-order valence-corrected chi connectivity index (χ1v) is 18.9. The highest BCUT2D eigenvalue weighted by molar-refractivity contribution is 5.84. The van der Waals surface area contributed by atoms with Crippen LogP contribution >= 0.6 is 0 Å². The average Bonchev–Trinajstić information content (AvgIpc) is 3.65. The number of benzene rings is 1. The second-order valence-electron chi connectivity index (χ2n) is 15.5. The number of hydrogen-bond acceptors (Lipinski definition) is 9. The molecule has 1 saturated heterocycles. The molecule has 52 heavy (non-hydrogen) atoms. The number of halogens is 4. The smallest absolute Gasteiger partial charge is 0.408 e. The maximum absolute atomic E-state index is 14.2. The molecule has 2 unspecified atom stereocenters. The number of alkyl carbamates (subject to hydrolysis) is 1. The summed E-state index contributed by atoms with van der Waals surface area (Å²) in [6.07, 6.45) is 12.5. The number of carbonyl (C=O) groups excluding carboxylic acids is 2. The molecule has 15 heteroatoms. The fraction of sp³-hybridized carbons (Fsp3) is 0.730. The van der Waals surface area contributed by atoms with E-state index in [0.717, 1.165) is 51.4 Å². The third-order valence-electron chi connectivity index (χ3n) is 12.0. The fourth-order valence-electron chi connectivity index (χ4n) is 9.52. The van der Waals surface area contributed by atoms with Gasteiger partial charge in [-0.1, -0.05) is 44.2 Å². The summed E-state index contributed by atoms with van der Waals surface area (Å²) in [6.45, 7) is 1.64. The summed E-state index contributed by atoms with van der Waals surface area (Å²) in [4.78, 5) is 38.9. The van der Waals surface area contributed by atoms with Crippen LogP contribution in [-0.4, -0.2) is 58.6 Å². The van der Waals surface area contributed by atoms with Gasteiger partial charge >= 0.3 is 6.09 Å². The Morgan fingerprint density at radius 2 is 1.69 bits per heavy atom. The molecule has 1 amide bonds. The molecule has 11 nitrogen and oxygen atoms in total. The molecule has 1 aromatic heterocycles. The number of unbranched alkanes of at least 4 members (excludes halogenated alkanes) is 1. The van der Waals surface area contributed by atoms with Gasteiger partial charge in [0, 0.05) is 17.9 Å². The molecule has 0 radical (unpaired) electrons. The second kappa shape index (κ2) is 15.6. The Hall–Kier alpha value is -3.30. The van der Waals surface area contributed by atoms with E-state index in [1.54, 1.807) is 6.20 Å². The van der Waals surface area contributed by atoms with E-state index in [4.69, 9.17) is 24.0 Å². The van der Waals surface area contributed by atoms with Crippen molar-refractivity contribution in [2.75, 3.05) is 19.8 Å². The Morgan fingerprint density at radius 3 is 2.37 bits per heavy atom. The Bertz CT molecular complexity index is 1550. The third kappa shape index (κ3) is 7.41. The number of ketones is 1. The molecule has 1 aromatic carbocycles. The zero-order valence-corrected chi connectivity index (χ0v) is 29.6. The molecular formula is C37H48F4N4O7. The van der Waals surface area contributed by atoms with Crippen LogP contribution in [0.15, 0.2) is 12.3 Å². The summed E-state index contributed by atoms with van der Waals surface area (Å²) in [6, 6.07) is -0.878. The number of aromatic nitrogens is 3. The van der Waals surface area contributed by atoms with Crippen molar-refractivity contribution in [3.8, 4) is 5.75 Å². The number of ether oxygens (including phenoxy) is 3. The van der Waals surface area contributed by atoms with Crippen LogP contribution in [0.4, 0.5) is 22.4 Å². The lowest BCUT2D eigenvalue weighted by Crippen LogP contribution is -2.61. The molecule has 1 aliphatic heterocycles. The number of nitrogens with one attached hydrogen (secondary N) is 1. The summed E-state index contributed by atoms with van der Waals surface area (Å²) in [5, 5.41) is 11.8. The molecule has 2 aromatic rings. The predicted octanol–water partition coefficient (Wildman–Crippen LogP) is 7.38. The van der Waals surface area contributed by atoms with Gasteiger partial charge in [0.2, 0.25) is 17.4 Å². The number of carbonyl (C=O) groups is 2. The molecule has 6 fully saturated rings. The Balaban J connectivity index is 1.04. The lowest BCUT2D eigenvalue weighted by atomic mass is 9.53. The van der Waals surface area contributed by atoms with Gasteiger partial charge in [-0.3, -0.25) is 4.79 Å². The minimum absolute atomic E-state index is 0.0698. The van der Waals surface area contributed by atoms with E-state index in [9.17, 15) is 27.2 Å². The van der Waals surface area contributed by atoms with Crippen LogP contribution in [0.5, 0.6) is 5.75 Å². The monoisotopic (exact) mass is 736 g/mol. The number of rotatable bonds is 11. The van der Waals surface area contributed by atoms with Crippen molar-refractivity contribution >= 4 is 11.9 Å². The molecular weight excluding hydrogens is 688 g/mol. The Labute approximate surface area is 300 Å². The fourth-order valence-corrected chi connectivity index (χ4v) is 9.52. The maximum atomic E-state index is 14.2. The number of Topliss-reactive ketones (excluding diaryl/α,β-unsaturated/α-hetero) is 1.